The number of hydrogen-bond donors (Lipinski definition) is 0. The van der Waals surface area contributed by atoms with Gasteiger partial charge >= 0.3 is 0 Å². The lowest BCUT2D eigenvalue weighted by Crippen LogP contribution is -2.44. The summed E-state index contributed by atoms with van der Waals surface area (Å²) in [5.74, 6) is 0.690. The van der Waals surface area contributed by atoms with Crippen LogP contribution in [-0.2, 0) is 11.4 Å². The average Bonchev–Trinajstić information content (AvgIpc) is 2.88. The molecule has 0 aromatic heterocycles. The maximum atomic E-state index is 12.7. The minimum absolute atomic E-state index is 0.0509. The lowest BCUT2D eigenvalue weighted by molar-refractivity contribution is -0.125. The van der Waals surface area contributed by atoms with Gasteiger partial charge in [0.05, 0.1) is 4.91 Å². The van der Waals surface area contributed by atoms with E-state index < -0.39 is 0 Å². The van der Waals surface area contributed by atoms with Gasteiger partial charge in [-0.2, -0.15) is 0 Å². The third-order valence-corrected chi connectivity index (χ3v) is 5.49. The largest absolute Gasteiger partial charge is 0.489 e. The first-order chi connectivity index (χ1) is 12.7. The second kappa shape index (κ2) is 8.05. The van der Waals surface area contributed by atoms with Gasteiger partial charge in [-0.05, 0) is 62.2 Å². The van der Waals surface area contributed by atoms with Gasteiger partial charge in [0.2, 0.25) is 0 Å². The number of nitrogens with zero attached hydrogens (tertiary/aromatic N) is 1. The first-order valence-corrected chi connectivity index (χ1v) is 10.1. The van der Waals surface area contributed by atoms with Crippen molar-refractivity contribution in [2.24, 2.45) is 0 Å². The molecule has 2 aromatic rings. The molecule has 0 unspecified atom stereocenters. The fraction of sp³-hybridized carbons (Fsp3) is 0.238. The highest BCUT2D eigenvalue weighted by molar-refractivity contribution is 8.26. The predicted octanol–water partition coefficient (Wildman–Crippen LogP) is 5.92. The molecule has 2 aromatic carbocycles. The first kappa shape index (κ1) is 19.9. The summed E-state index contributed by atoms with van der Waals surface area (Å²) in [6, 6.07) is 15.2. The Labute approximate surface area is 174 Å². The molecule has 27 heavy (non-hydrogen) atoms. The van der Waals surface area contributed by atoms with E-state index in [1.54, 1.807) is 4.90 Å². The van der Waals surface area contributed by atoms with Crippen molar-refractivity contribution < 1.29 is 9.53 Å². The van der Waals surface area contributed by atoms with E-state index in [-0.39, 0.29) is 11.4 Å². The van der Waals surface area contributed by atoms with Crippen LogP contribution in [0.5, 0.6) is 5.75 Å². The molecule has 0 saturated carbocycles. The summed E-state index contributed by atoms with van der Waals surface area (Å²) in [7, 11) is 0. The fourth-order valence-electron chi connectivity index (χ4n) is 2.64. The maximum absolute atomic E-state index is 12.7. The van der Waals surface area contributed by atoms with Crippen LogP contribution in [0.1, 0.15) is 31.9 Å². The highest BCUT2D eigenvalue weighted by Crippen LogP contribution is 2.37. The number of rotatable bonds is 4. The number of hydrogen-bond acceptors (Lipinski definition) is 4. The number of benzene rings is 2. The third-order valence-electron chi connectivity index (χ3n) is 3.94. The number of amides is 1. The van der Waals surface area contributed by atoms with E-state index in [0.717, 1.165) is 16.9 Å². The van der Waals surface area contributed by atoms with Crippen LogP contribution in [0.25, 0.3) is 6.08 Å². The number of thioether (sulfide) groups is 1. The van der Waals surface area contributed by atoms with Gasteiger partial charge in [-0.1, -0.05) is 59.8 Å². The number of halogens is 1. The molecule has 1 saturated heterocycles. The van der Waals surface area contributed by atoms with Gasteiger partial charge < -0.3 is 4.74 Å². The molecule has 0 radical (unpaired) electrons. The highest BCUT2D eigenvalue weighted by Gasteiger charge is 2.38. The van der Waals surface area contributed by atoms with Crippen LogP contribution < -0.4 is 4.74 Å². The van der Waals surface area contributed by atoms with Crippen LogP contribution >= 0.6 is 35.6 Å². The number of carbonyl (C=O) groups excluding carboxylic acids is 1. The lowest BCUT2D eigenvalue weighted by atomic mass is 10.1. The Hall–Kier alpha value is -1.82. The molecule has 0 aliphatic carbocycles. The summed E-state index contributed by atoms with van der Waals surface area (Å²) >= 11 is 12.6. The van der Waals surface area contributed by atoms with E-state index in [9.17, 15) is 4.79 Å². The molecule has 1 aliphatic rings. The lowest BCUT2D eigenvalue weighted by Gasteiger charge is -2.30. The molecule has 3 nitrogen and oxygen atoms in total. The Balaban J connectivity index is 1.74. The second-order valence-electron chi connectivity index (χ2n) is 7.18. The Morgan fingerprint density at radius 3 is 2.52 bits per heavy atom. The summed E-state index contributed by atoms with van der Waals surface area (Å²) in [5.41, 5.74) is 1.61. The van der Waals surface area contributed by atoms with E-state index in [1.807, 2.05) is 75.4 Å². The first-order valence-electron chi connectivity index (χ1n) is 8.49. The fourth-order valence-corrected chi connectivity index (χ4v) is 4.40. The summed E-state index contributed by atoms with van der Waals surface area (Å²) in [6.45, 7) is 6.39. The Morgan fingerprint density at radius 2 is 1.89 bits per heavy atom. The summed E-state index contributed by atoms with van der Waals surface area (Å²) in [5, 5.41) is 0.702. The molecule has 0 spiro atoms. The molecule has 1 amide bonds. The summed E-state index contributed by atoms with van der Waals surface area (Å²) in [4.78, 5) is 15.0. The van der Waals surface area contributed by atoms with Crippen molar-refractivity contribution >= 4 is 51.9 Å². The predicted molar refractivity (Wildman–Crippen MR) is 117 cm³/mol. The second-order valence-corrected chi connectivity index (χ2v) is 9.29. The average molecular weight is 418 g/mol. The van der Waals surface area contributed by atoms with Crippen LogP contribution in [-0.4, -0.2) is 20.7 Å². The van der Waals surface area contributed by atoms with Crippen molar-refractivity contribution in [3.05, 3.63) is 69.6 Å². The van der Waals surface area contributed by atoms with E-state index in [1.165, 1.54) is 11.8 Å². The minimum atomic E-state index is -0.333. The number of ether oxygens (including phenoxy) is 1. The molecule has 3 rings (SSSR count). The van der Waals surface area contributed by atoms with Crippen LogP contribution in [0.4, 0.5) is 0 Å². The van der Waals surface area contributed by atoms with Crippen molar-refractivity contribution in [3.8, 4) is 5.75 Å². The van der Waals surface area contributed by atoms with Gasteiger partial charge in [0.1, 0.15) is 16.7 Å². The summed E-state index contributed by atoms with van der Waals surface area (Å²) < 4.78 is 6.45. The van der Waals surface area contributed by atoms with Gasteiger partial charge in [-0.25, -0.2) is 0 Å². The molecular weight excluding hydrogens is 398 g/mol. The van der Waals surface area contributed by atoms with E-state index in [0.29, 0.717) is 20.9 Å². The van der Waals surface area contributed by atoms with Crippen molar-refractivity contribution in [3.63, 3.8) is 0 Å². The number of thiocarbonyl (C=S) groups is 1. The molecule has 0 bridgehead atoms. The van der Waals surface area contributed by atoms with E-state index >= 15 is 0 Å². The SMILES string of the molecule is CC(C)(C)N1C(=O)C(=Cc2cccc(OCc3ccc(Cl)cc3)c2)SC1=S. The zero-order valence-electron chi connectivity index (χ0n) is 15.4. The third kappa shape index (κ3) is 4.92. The zero-order chi connectivity index (χ0) is 19.6. The zero-order valence-corrected chi connectivity index (χ0v) is 17.8. The molecule has 1 heterocycles. The van der Waals surface area contributed by atoms with Gasteiger partial charge in [0.25, 0.3) is 5.91 Å². The van der Waals surface area contributed by atoms with Crippen LogP contribution in [0.15, 0.2) is 53.4 Å². The van der Waals surface area contributed by atoms with Crippen molar-refractivity contribution in [1.29, 1.82) is 0 Å². The smallest absolute Gasteiger partial charge is 0.266 e. The monoisotopic (exact) mass is 417 g/mol. The van der Waals surface area contributed by atoms with Gasteiger partial charge in [0.15, 0.2) is 0 Å². The van der Waals surface area contributed by atoms with Crippen LogP contribution in [0, 0.1) is 0 Å². The maximum Gasteiger partial charge on any atom is 0.266 e. The van der Waals surface area contributed by atoms with E-state index in [4.69, 9.17) is 28.6 Å². The van der Waals surface area contributed by atoms with Crippen molar-refractivity contribution in [2.75, 3.05) is 0 Å². The molecule has 1 aliphatic heterocycles. The molecule has 6 heteroatoms. The topological polar surface area (TPSA) is 29.5 Å². The molecule has 140 valence electrons. The standard InChI is InChI=1S/C21H20ClNO2S2/c1-21(2,3)23-19(24)18(27-20(23)26)12-15-5-4-6-17(11-15)25-13-14-7-9-16(22)10-8-14/h4-12H,13H2,1-3H3. The normalized spacial score (nSPS) is 16.3. The quantitative estimate of drug-likeness (QED) is 0.456. The molecule has 0 N–H and O–H groups in total. The van der Waals surface area contributed by atoms with E-state index in [2.05, 4.69) is 0 Å². The Bertz CT molecular complexity index is 901. The van der Waals surface area contributed by atoms with Gasteiger partial charge in [0, 0.05) is 10.6 Å². The molecule has 1 fully saturated rings. The summed E-state index contributed by atoms with van der Waals surface area (Å²) in [6.07, 6.45) is 1.86. The molecular formula is C21H20ClNO2S2. The van der Waals surface area contributed by atoms with Crippen molar-refractivity contribution in [2.45, 2.75) is 32.9 Å². The van der Waals surface area contributed by atoms with Crippen LogP contribution in [0.2, 0.25) is 5.02 Å². The Morgan fingerprint density at radius 1 is 1.19 bits per heavy atom. The Kier molecular flexibility index (Phi) is 5.94. The number of carbonyl (C=O) groups is 1. The highest BCUT2D eigenvalue weighted by atomic mass is 35.5. The van der Waals surface area contributed by atoms with Gasteiger partial charge in [-0.3, -0.25) is 9.69 Å². The van der Waals surface area contributed by atoms with Gasteiger partial charge in [-0.15, -0.1) is 0 Å². The van der Waals surface area contributed by atoms with Crippen molar-refractivity contribution in [1.82, 2.24) is 4.90 Å². The minimum Gasteiger partial charge on any atom is -0.489 e. The van der Waals surface area contributed by atoms with Crippen LogP contribution in [0.3, 0.4) is 0 Å². The molecule has 0 atom stereocenters.